The van der Waals surface area contributed by atoms with E-state index in [0.29, 0.717) is 29.2 Å². The fourth-order valence-electron chi connectivity index (χ4n) is 3.80. The second-order valence-corrected chi connectivity index (χ2v) is 8.80. The number of para-hydroxylation sites is 2. The summed E-state index contributed by atoms with van der Waals surface area (Å²) in [6, 6.07) is 27.4. The molecule has 0 radical (unpaired) electrons. The SMILES string of the molecule is O=C(/C=C/c1ccc([N+](=O)[O-])cc1)NCCCN(C(=O)Nc1ccccc1F)c1ccc(Oc2ccccc2)cc1. The van der Waals surface area contributed by atoms with Crippen LogP contribution in [0.4, 0.5) is 26.2 Å². The summed E-state index contributed by atoms with van der Waals surface area (Å²) in [5, 5.41) is 16.1. The smallest absolute Gasteiger partial charge is 0.326 e. The van der Waals surface area contributed by atoms with E-state index < -0.39 is 16.8 Å². The van der Waals surface area contributed by atoms with E-state index in [1.54, 1.807) is 48.5 Å². The molecule has 3 amide bonds. The number of nitro groups is 1. The Balaban J connectivity index is 1.37. The van der Waals surface area contributed by atoms with Gasteiger partial charge in [-0.15, -0.1) is 0 Å². The molecule has 0 spiro atoms. The van der Waals surface area contributed by atoms with Gasteiger partial charge in [0, 0.05) is 37.0 Å². The summed E-state index contributed by atoms with van der Waals surface area (Å²) in [4.78, 5) is 37.2. The zero-order valence-electron chi connectivity index (χ0n) is 21.9. The van der Waals surface area contributed by atoms with Crippen molar-refractivity contribution in [1.82, 2.24) is 5.32 Å². The molecule has 0 unspecified atom stereocenters. The maximum Gasteiger partial charge on any atom is 0.326 e. The average molecular weight is 555 g/mol. The van der Waals surface area contributed by atoms with E-state index in [0.717, 1.165) is 0 Å². The third-order valence-electron chi connectivity index (χ3n) is 5.88. The molecule has 0 aliphatic heterocycles. The molecule has 0 aliphatic carbocycles. The van der Waals surface area contributed by atoms with Crippen molar-refractivity contribution < 1.29 is 23.6 Å². The van der Waals surface area contributed by atoms with Crippen LogP contribution in [-0.2, 0) is 4.79 Å². The van der Waals surface area contributed by atoms with E-state index in [1.165, 1.54) is 41.3 Å². The molecule has 2 N–H and O–H groups in total. The van der Waals surface area contributed by atoms with Crippen LogP contribution < -0.4 is 20.3 Å². The number of ether oxygens (including phenoxy) is 1. The van der Waals surface area contributed by atoms with E-state index >= 15 is 0 Å². The zero-order valence-corrected chi connectivity index (χ0v) is 21.9. The molecule has 208 valence electrons. The number of benzene rings is 4. The molecule has 0 bridgehead atoms. The van der Waals surface area contributed by atoms with Crippen molar-refractivity contribution in [3.8, 4) is 11.5 Å². The molecule has 0 heterocycles. The van der Waals surface area contributed by atoms with Gasteiger partial charge in [-0.25, -0.2) is 9.18 Å². The summed E-state index contributed by atoms with van der Waals surface area (Å²) in [5.41, 5.74) is 1.22. The monoisotopic (exact) mass is 554 g/mol. The minimum Gasteiger partial charge on any atom is -0.457 e. The number of carbonyl (C=O) groups excluding carboxylic acids is 2. The Hall–Kier alpha value is -5.51. The number of anilines is 2. The predicted molar refractivity (Wildman–Crippen MR) is 155 cm³/mol. The Morgan fingerprint density at radius 3 is 2.22 bits per heavy atom. The average Bonchev–Trinajstić information content (AvgIpc) is 2.98. The van der Waals surface area contributed by atoms with Crippen molar-refractivity contribution >= 4 is 35.1 Å². The maximum absolute atomic E-state index is 14.2. The van der Waals surface area contributed by atoms with Crippen LogP contribution in [0.1, 0.15) is 12.0 Å². The highest BCUT2D eigenvalue weighted by Crippen LogP contribution is 2.25. The van der Waals surface area contributed by atoms with E-state index in [9.17, 15) is 24.1 Å². The molecule has 4 aromatic carbocycles. The number of rotatable bonds is 11. The number of nitrogens with one attached hydrogen (secondary N) is 2. The van der Waals surface area contributed by atoms with Crippen molar-refractivity contribution in [1.29, 1.82) is 0 Å². The van der Waals surface area contributed by atoms with Gasteiger partial charge in [-0.05, 0) is 78.7 Å². The normalized spacial score (nSPS) is 10.7. The van der Waals surface area contributed by atoms with Gasteiger partial charge >= 0.3 is 6.03 Å². The van der Waals surface area contributed by atoms with Gasteiger partial charge in [0.1, 0.15) is 17.3 Å². The van der Waals surface area contributed by atoms with Crippen molar-refractivity contribution in [2.45, 2.75) is 6.42 Å². The highest BCUT2D eigenvalue weighted by Gasteiger charge is 2.17. The molecule has 4 rings (SSSR count). The molecule has 0 atom stereocenters. The molecule has 0 aliphatic rings. The topological polar surface area (TPSA) is 114 Å². The van der Waals surface area contributed by atoms with Gasteiger partial charge in [0.2, 0.25) is 5.91 Å². The molecule has 10 heteroatoms. The molecular formula is C31H27FN4O5. The van der Waals surface area contributed by atoms with Crippen LogP contribution in [0, 0.1) is 15.9 Å². The van der Waals surface area contributed by atoms with Crippen LogP contribution in [0.5, 0.6) is 11.5 Å². The van der Waals surface area contributed by atoms with E-state index in [2.05, 4.69) is 10.6 Å². The summed E-state index contributed by atoms with van der Waals surface area (Å²) >= 11 is 0. The molecule has 0 fully saturated rings. The van der Waals surface area contributed by atoms with Crippen molar-refractivity contribution in [2.75, 3.05) is 23.3 Å². The van der Waals surface area contributed by atoms with Gasteiger partial charge in [0.25, 0.3) is 5.69 Å². The molecule has 0 aromatic heterocycles. The Morgan fingerprint density at radius 1 is 0.878 bits per heavy atom. The van der Waals surface area contributed by atoms with E-state index in [4.69, 9.17) is 4.74 Å². The van der Waals surface area contributed by atoms with Crippen molar-refractivity contribution in [2.24, 2.45) is 0 Å². The first-order valence-electron chi connectivity index (χ1n) is 12.8. The van der Waals surface area contributed by atoms with Crippen molar-refractivity contribution in [3.05, 3.63) is 131 Å². The Kier molecular flexibility index (Phi) is 9.76. The minimum absolute atomic E-state index is 0.0337. The van der Waals surface area contributed by atoms with Crippen LogP contribution >= 0.6 is 0 Å². The highest BCUT2D eigenvalue weighted by atomic mass is 19.1. The number of carbonyl (C=O) groups is 2. The molecule has 41 heavy (non-hydrogen) atoms. The molecular weight excluding hydrogens is 527 g/mol. The van der Waals surface area contributed by atoms with Gasteiger partial charge in [-0.1, -0.05) is 30.3 Å². The van der Waals surface area contributed by atoms with Gasteiger partial charge < -0.3 is 15.4 Å². The summed E-state index contributed by atoms with van der Waals surface area (Å²) in [6.07, 6.45) is 3.28. The summed E-state index contributed by atoms with van der Waals surface area (Å²) < 4.78 is 20.0. The lowest BCUT2D eigenvalue weighted by Gasteiger charge is -2.24. The number of hydrogen-bond donors (Lipinski definition) is 2. The maximum atomic E-state index is 14.2. The number of amides is 3. The lowest BCUT2D eigenvalue weighted by molar-refractivity contribution is -0.384. The quantitative estimate of drug-likeness (QED) is 0.0918. The van der Waals surface area contributed by atoms with Crippen LogP contribution in [0.15, 0.2) is 109 Å². The van der Waals surface area contributed by atoms with E-state index in [1.807, 2.05) is 30.3 Å². The van der Waals surface area contributed by atoms with Crippen LogP contribution in [0.25, 0.3) is 6.08 Å². The number of nitro benzene ring substituents is 1. The second kappa shape index (κ2) is 14.0. The lowest BCUT2D eigenvalue weighted by atomic mass is 10.2. The second-order valence-electron chi connectivity index (χ2n) is 8.80. The molecule has 0 saturated carbocycles. The van der Waals surface area contributed by atoms with Gasteiger partial charge in [0.05, 0.1) is 10.6 Å². The molecule has 9 nitrogen and oxygen atoms in total. The van der Waals surface area contributed by atoms with Gasteiger partial charge in [-0.2, -0.15) is 0 Å². The summed E-state index contributed by atoms with van der Waals surface area (Å²) in [6.45, 7) is 0.494. The Labute approximate surface area is 236 Å². The predicted octanol–water partition coefficient (Wildman–Crippen LogP) is 6.78. The minimum atomic E-state index is -0.556. The third-order valence-corrected chi connectivity index (χ3v) is 5.88. The third kappa shape index (κ3) is 8.49. The van der Waals surface area contributed by atoms with E-state index in [-0.39, 0.29) is 30.4 Å². The standard InChI is InChI=1S/C31H27FN4O5/c32-28-9-4-5-10-29(28)34-31(38)35(24-16-18-27(19-17-24)41-26-7-2-1-3-8-26)22-6-21-33-30(37)20-13-23-11-14-25(15-12-23)36(39)40/h1-5,7-20H,6,21-22H2,(H,33,37)(H,34,38)/b20-13+. The Bertz CT molecular complexity index is 1510. The van der Waals surface area contributed by atoms with Gasteiger partial charge in [0.15, 0.2) is 0 Å². The van der Waals surface area contributed by atoms with Crippen LogP contribution in [-0.4, -0.2) is 30.0 Å². The largest absolute Gasteiger partial charge is 0.457 e. The number of nitrogens with zero attached hydrogens (tertiary/aromatic N) is 2. The van der Waals surface area contributed by atoms with Crippen LogP contribution in [0.2, 0.25) is 0 Å². The lowest BCUT2D eigenvalue weighted by Crippen LogP contribution is -2.37. The van der Waals surface area contributed by atoms with Crippen LogP contribution in [0.3, 0.4) is 0 Å². The fraction of sp³-hybridized carbons (Fsp3) is 0.0968. The number of halogens is 1. The molecule has 0 saturated heterocycles. The Morgan fingerprint density at radius 2 is 1.54 bits per heavy atom. The first kappa shape index (κ1) is 28.5. The van der Waals surface area contributed by atoms with Gasteiger partial charge in [-0.3, -0.25) is 19.8 Å². The van der Waals surface area contributed by atoms with Crippen molar-refractivity contribution in [3.63, 3.8) is 0 Å². The highest BCUT2D eigenvalue weighted by molar-refractivity contribution is 6.01. The first-order valence-corrected chi connectivity index (χ1v) is 12.8. The fourth-order valence-corrected chi connectivity index (χ4v) is 3.80. The first-order chi connectivity index (χ1) is 19.9. The summed E-state index contributed by atoms with van der Waals surface area (Å²) in [5.74, 6) is 0.349. The number of non-ortho nitro benzene ring substituents is 1. The molecule has 4 aromatic rings. The zero-order chi connectivity index (χ0) is 29.0. The number of urea groups is 1. The summed E-state index contributed by atoms with van der Waals surface area (Å²) in [7, 11) is 0. The number of hydrogen-bond acceptors (Lipinski definition) is 5.